The Kier molecular flexibility index (Phi) is 6.52. The van der Waals surface area contributed by atoms with Crippen molar-refractivity contribution in [3.05, 3.63) is 76.6 Å². The van der Waals surface area contributed by atoms with Gasteiger partial charge in [0.05, 0.1) is 10.3 Å². The van der Waals surface area contributed by atoms with Crippen LogP contribution in [0, 0.1) is 0 Å². The molecule has 2 aromatic rings. The summed E-state index contributed by atoms with van der Waals surface area (Å²) in [4.78, 5) is 18.1. The fraction of sp³-hybridized carbons (Fsp3) is 0.296. The normalized spacial score (nSPS) is 18.6. The molecule has 0 saturated heterocycles. The van der Waals surface area contributed by atoms with Crippen LogP contribution in [-0.4, -0.2) is 39.6 Å². The third-order valence-electron chi connectivity index (χ3n) is 7.14. The van der Waals surface area contributed by atoms with Crippen LogP contribution >= 0.6 is 7.82 Å². The minimum atomic E-state index is -4.70. The van der Waals surface area contributed by atoms with Crippen LogP contribution in [0.3, 0.4) is 0 Å². The van der Waals surface area contributed by atoms with Gasteiger partial charge in [-0.25, -0.2) is 13.0 Å². The van der Waals surface area contributed by atoms with Crippen molar-refractivity contribution >= 4 is 35.4 Å². The largest absolute Gasteiger partial charge is 0.744 e. The van der Waals surface area contributed by atoms with Crippen molar-refractivity contribution in [3.8, 4) is 11.5 Å². The van der Waals surface area contributed by atoms with Crippen LogP contribution in [0.25, 0.3) is 6.08 Å². The van der Waals surface area contributed by atoms with Crippen LogP contribution in [0.2, 0.25) is 0 Å². The first kappa shape index (κ1) is 26.6. The van der Waals surface area contributed by atoms with Gasteiger partial charge in [-0.1, -0.05) is 0 Å². The molecule has 0 spiro atoms. The topological polar surface area (TPSA) is 136 Å². The Morgan fingerprint density at radius 3 is 2.61 bits per heavy atom. The third kappa shape index (κ3) is 4.90. The maximum Gasteiger partial charge on any atom is 0.524 e. The lowest BCUT2D eigenvalue weighted by molar-refractivity contribution is -0.433. The summed E-state index contributed by atoms with van der Waals surface area (Å²) >= 11 is 0. The van der Waals surface area contributed by atoms with E-state index < -0.39 is 23.4 Å². The number of hydrogen-bond donors (Lipinski definition) is 2. The van der Waals surface area contributed by atoms with Crippen LogP contribution in [0.15, 0.2) is 70.4 Å². The molecule has 2 N–H and O–H groups in total. The molecule has 0 bridgehead atoms. The van der Waals surface area contributed by atoms with E-state index >= 15 is 0 Å². The summed E-state index contributed by atoms with van der Waals surface area (Å²) < 4.78 is 59.3. The van der Waals surface area contributed by atoms with Crippen LogP contribution in [0.5, 0.6) is 11.5 Å². The molecule has 0 fully saturated rings. The fourth-order valence-corrected chi connectivity index (χ4v) is 6.26. The molecule has 0 saturated carbocycles. The van der Waals surface area contributed by atoms with E-state index in [1.807, 2.05) is 39.0 Å². The van der Waals surface area contributed by atoms with Crippen LogP contribution < -0.4 is 9.26 Å². The molecular formula is C27H28NO8PS. The molecule has 9 nitrogen and oxygen atoms in total. The zero-order chi connectivity index (χ0) is 27.5. The average Bonchev–Trinajstić information content (AvgIpc) is 3.05. The molecule has 2 heterocycles. The first-order valence-electron chi connectivity index (χ1n) is 12.2. The number of phosphoric acid groups is 1. The Balaban J connectivity index is 1.52. The third-order valence-corrected chi connectivity index (χ3v) is 8.42. The molecule has 38 heavy (non-hydrogen) atoms. The van der Waals surface area contributed by atoms with Gasteiger partial charge >= 0.3 is 7.82 Å². The summed E-state index contributed by atoms with van der Waals surface area (Å²) in [5, 5.41) is 0. The Hall–Kier alpha value is -3.01. The molecule has 11 heteroatoms. The average molecular weight is 558 g/mol. The highest BCUT2D eigenvalue weighted by Gasteiger charge is 2.44. The SMILES string of the molecule is CC[N+]1=C(C=CC2=C3Oc4cc(OP(=O)(O)O)ccc4C=C3CCC2)C(C)(C)c2cc(S(=O)(=O)[O-])ccc21. The summed E-state index contributed by atoms with van der Waals surface area (Å²) in [6, 6.07) is 9.19. The Morgan fingerprint density at radius 1 is 1.16 bits per heavy atom. The van der Waals surface area contributed by atoms with Crippen molar-refractivity contribution in [1.29, 1.82) is 0 Å². The van der Waals surface area contributed by atoms with Gasteiger partial charge in [-0.15, -0.1) is 0 Å². The van der Waals surface area contributed by atoms with Crippen molar-refractivity contribution in [2.75, 3.05) is 6.54 Å². The molecule has 200 valence electrons. The molecule has 5 rings (SSSR count). The van der Waals surface area contributed by atoms with Crippen molar-refractivity contribution < 1.29 is 41.2 Å². The number of nitrogens with zero attached hydrogens (tertiary/aromatic N) is 1. The Bertz CT molecular complexity index is 1630. The van der Waals surface area contributed by atoms with Crippen LogP contribution in [0.1, 0.15) is 51.2 Å². The summed E-state index contributed by atoms with van der Waals surface area (Å²) in [6.45, 7) is 6.67. The van der Waals surface area contributed by atoms with E-state index in [9.17, 15) is 17.5 Å². The second-order valence-electron chi connectivity index (χ2n) is 9.98. The highest BCUT2D eigenvalue weighted by Crippen LogP contribution is 2.45. The number of benzene rings is 2. The monoisotopic (exact) mass is 557 g/mol. The number of rotatable bonds is 6. The summed E-state index contributed by atoms with van der Waals surface area (Å²) in [7, 11) is -9.27. The minimum Gasteiger partial charge on any atom is -0.744 e. The second kappa shape index (κ2) is 9.32. The van der Waals surface area contributed by atoms with Gasteiger partial charge in [0.25, 0.3) is 0 Å². The van der Waals surface area contributed by atoms with E-state index in [1.165, 1.54) is 24.3 Å². The van der Waals surface area contributed by atoms with Crippen molar-refractivity contribution in [1.82, 2.24) is 0 Å². The lowest BCUT2D eigenvalue weighted by atomic mass is 9.81. The van der Waals surface area contributed by atoms with Gasteiger partial charge in [-0.3, -0.25) is 9.79 Å². The maximum atomic E-state index is 11.7. The summed E-state index contributed by atoms with van der Waals surface area (Å²) in [6.07, 6.45) is 8.62. The molecule has 3 aliphatic rings. The molecule has 0 aromatic heterocycles. The van der Waals surface area contributed by atoms with E-state index in [0.717, 1.165) is 52.9 Å². The van der Waals surface area contributed by atoms with Crippen molar-refractivity contribution in [2.45, 2.75) is 50.3 Å². The van der Waals surface area contributed by atoms with Crippen LogP contribution in [0.4, 0.5) is 5.69 Å². The first-order chi connectivity index (χ1) is 17.8. The first-order valence-corrected chi connectivity index (χ1v) is 15.2. The molecular weight excluding hydrogens is 529 g/mol. The van der Waals surface area contributed by atoms with Gasteiger partial charge in [0.15, 0.2) is 5.71 Å². The molecule has 1 aliphatic carbocycles. The molecule has 0 unspecified atom stereocenters. The molecule has 0 amide bonds. The van der Waals surface area contributed by atoms with Gasteiger partial charge in [0, 0.05) is 29.3 Å². The second-order valence-corrected chi connectivity index (χ2v) is 12.5. The van der Waals surface area contributed by atoms with Crippen LogP contribution in [-0.2, 0) is 20.1 Å². The smallest absolute Gasteiger partial charge is 0.524 e. The highest BCUT2D eigenvalue weighted by molar-refractivity contribution is 7.85. The molecule has 0 atom stereocenters. The molecule has 2 aromatic carbocycles. The highest BCUT2D eigenvalue weighted by atomic mass is 32.2. The lowest BCUT2D eigenvalue weighted by Gasteiger charge is -2.27. The summed E-state index contributed by atoms with van der Waals surface area (Å²) in [5.74, 6) is 1.18. The van der Waals surface area contributed by atoms with E-state index in [1.54, 1.807) is 12.1 Å². The number of phosphoric ester groups is 1. The lowest BCUT2D eigenvalue weighted by Crippen LogP contribution is -2.27. The quantitative estimate of drug-likeness (QED) is 0.290. The predicted octanol–water partition coefficient (Wildman–Crippen LogP) is 4.93. The standard InChI is InChI=1S/C27H28NO8PS/c1-4-28-23-12-11-21(38(32,33)34)16-22(23)27(2,3)25(28)13-9-17-6-5-7-19-14-18-8-10-20(36-37(29,30)31)15-24(18)35-26(17)19/h8-16H,4-7H2,1-3H3,(H2-,29,30,31,32,33,34). The zero-order valence-corrected chi connectivity index (χ0v) is 22.9. The minimum absolute atomic E-state index is 0.0153. The fourth-order valence-electron chi connectivity index (χ4n) is 5.37. The van der Waals surface area contributed by atoms with E-state index in [4.69, 9.17) is 19.0 Å². The predicted molar refractivity (Wildman–Crippen MR) is 141 cm³/mol. The van der Waals surface area contributed by atoms with Gasteiger partial charge in [0.1, 0.15) is 33.9 Å². The number of fused-ring (bicyclic) bond motifs is 3. The van der Waals surface area contributed by atoms with E-state index in [-0.39, 0.29) is 10.6 Å². The van der Waals surface area contributed by atoms with E-state index in [0.29, 0.717) is 18.1 Å². The molecule has 0 radical (unpaired) electrons. The number of ether oxygens (including phenoxy) is 1. The van der Waals surface area contributed by atoms with Gasteiger partial charge in [-0.05, 0) is 87.6 Å². The number of allylic oxidation sites excluding steroid dienone is 4. The van der Waals surface area contributed by atoms with Crippen molar-refractivity contribution in [2.24, 2.45) is 0 Å². The Labute approximate surface area is 221 Å². The van der Waals surface area contributed by atoms with Crippen molar-refractivity contribution in [3.63, 3.8) is 0 Å². The van der Waals surface area contributed by atoms with E-state index in [2.05, 4.69) is 4.58 Å². The molecule has 2 aliphatic heterocycles. The number of hydrogen-bond acceptors (Lipinski definition) is 6. The van der Waals surface area contributed by atoms with Gasteiger partial charge in [0.2, 0.25) is 5.69 Å². The summed E-state index contributed by atoms with van der Waals surface area (Å²) in [5.41, 5.74) is 4.89. The van der Waals surface area contributed by atoms with Gasteiger partial charge < -0.3 is 13.8 Å². The maximum absolute atomic E-state index is 11.7. The Morgan fingerprint density at radius 2 is 1.92 bits per heavy atom. The van der Waals surface area contributed by atoms with Gasteiger partial charge in [-0.2, -0.15) is 4.58 Å². The zero-order valence-electron chi connectivity index (χ0n) is 21.2.